The van der Waals surface area contributed by atoms with Gasteiger partial charge in [0.1, 0.15) is 17.2 Å². The molecule has 1 fully saturated rings. The van der Waals surface area contributed by atoms with E-state index in [0.29, 0.717) is 36.9 Å². The number of halogens is 2. The van der Waals surface area contributed by atoms with E-state index in [1.54, 1.807) is 24.3 Å². The van der Waals surface area contributed by atoms with E-state index in [4.69, 9.17) is 5.73 Å². The van der Waals surface area contributed by atoms with Crippen LogP contribution in [0.1, 0.15) is 30.4 Å². The predicted molar refractivity (Wildman–Crippen MR) is 98.8 cm³/mol. The van der Waals surface area contributed by atoms with E-state index >= 15 is 0 Å². The van der Waals surface area contributed by atoms with Gasteiger partial charge in [0, 0.05) is 13.0 Å². The highest BCUT2D eigenvalue weighted by Crippen LogP contribution is 2.42. The van der Waals surface area contributed by atoms with E-state index < -0.39 is 5.60 Å². The summed E-state index contributed by atoms with van der Waals surface area (Å²) < 4.78 is 26.8. The lowest BCUT2D eigenvalue weighted by atomic mass is 9.72. The number of carbonyl (C=O) groups excluding carboxylic acids is 1. The van der Waals surface area contributed by atoms with Crippen molar-refractivity contribution in [3.05, 3.63) is 71.3 Å². The van der Waals surface area contributed by atoms with Crippen LogP contribution in [0.3, 0.4) is 0 Å². The smallest absolute Gasteiger partial charge is 0.218 e. The first-order chi connectivity index (χ1) is 12.9. The van der Waals surface area contributed by atoms with Crippen molar-refractivity contribution in [3.63, 3.8) is 0 Å². The molecule has 0 spiro atoms. The maximum atomic E-state index is 13.4. The van der Waals surface area contributed by atoms with Crippen molar-refractivity contribution in [2.45, 2.75) is 24.9 Å². The fourth-order valence-corrected chi connectivity index (χ4v) is 3.89. The van der Waals surface area contributed by atoms with E-state index in [2.05, 4.69) is 4.90 Å². The highest BCUT2D eigenvalue weighted by Gasteiger charge is 2.41. The SMILES string of the molecule is NC(=O)CCN1CCC(C(O)(c2ccc(F)cc2)c2ccc(F)cc2)CC1. The number of hydrogen-bond donors (Lipinski definition) is 2. The molecule has 2 aromatic rings. The van der Waals surface area contributed by atoms with Crippen molar-refractivity contribution in [1.29, 1.82) is 0 Å². The van der Waals surface area contributed by atoms with Gasteiger partial charge in [-0.25, -0.2) is 8.78 Å². The Morgan fingerprint density at radius 2 is 1.44 bits per heavy atom. The van der Waals surface area contributed by atoms with Gasteiger partial charge in [-0.15, -0.1) is 0 Å². The van der Waals surface area contributed by atoms with E-state index in [1.807, 2.05) is 0 Å². The summed E-state index contributed by atoms with van der Waals surface area (Å²) in [4.78, 5) is 13.1. The van der Waals surface area contributed by atoms with Gasteiger partial charge in [0.25, 0.3) is 0 Å². The summed E-state index contributed by atoms with van der Waals surface area (Å²) in [7, 11) is 0. The average Bonchev–Trinajstić information content (AvgIpc) is 2.67. The number of rotatable bonds is 6. The molecule has 1 aliphatic heterocycles. The zero-order valence-electron chi connectivity index (χ0n) is 15.1. The Morgan fingerprint density at radius 1 is 1.00 bits per heavy atom. The van der Waals surface area contributed by atoms with Crippen molar-refractivity contribution in [2.75, 3.05) is 19.6 Å². The summed E-state index contributed by atoms with van der Waals surface area (Å²) in [6.45, 7) is 2.05. The largest absolute Gasteiger partial charge is 0.380 e. The average molecular weight is 374 g/mol. The number of aliphatic hydroxyl groups is 1. The van der Waals surface area contributed by atoms with Gasteiger partial charge in [-0.3, -0.25) is 4.79 Å². The molecule has 0 saturated carbocycles. The molecular weight excluding hydrogens is 350 g/mol. The number of piperidine rings is 1. The van der Waals surface area contributed by atoms with Crippen LogP contribution in [0.2, 0.25) is 0 Å². The molecule has 2 aromatic carbocycles. The number of nitrogens with zero attached hydrogens (tertiary/aromatic N) is 1. The highest BCUT2D eigenvalue weighted by atomic mass is 19.1. The van der Waals surface area contributed by atoms with E-state index in [0.717, 1.165) is 13.1 Å². The fraction of sp³-hybridized carbons (Fsp3) is 0.381. The Bertz CT molecular complexity index is 724. The number of nitrogens with two attached hydrogens (primary N) is 1. The van der Waals surface area contributed by atoms with Crippen LogP contribution in [0.5, 0.6) is 0 Å². The summed E-state index contributed by atoms with van der Waals surface area (Å²) in [6, 6.07) is 11.6. The number of carbonyl (C=O) groups is 1. The van der Waals surface area contributed by atoms with Crippen LogP contribution in [0, 0.1) is 17.6 Å². The van der Waals surface area contributed by atoms with Gasteiger partial charge in [0.2, 0.25) is 5.91 Å². The lowest BCUT2D eigenvalue weighted by molar-refractivity contribution is -0.118. The topological polar surface area (TPSA) is 66.6 Å². The molecule has 0 unspecified atom stereocenters. The third-order valence-electron chi connectivity index (χ3n) is 5.42. The molecule has 0 radical (unpaired) electrons. The molecule has 4 nitrogen and oxygen atoms in total. The van der Waals surface area contributed by atoms with Crippen LogP contribution in [0.15, 0.2) is 48.5 Å². The molecule has 144 valence electrons. The zero-order chi connectivity index (χ0) is 19.4. The molecule has 1 heterocycles. The standard InChI is InChI=1S/C21H24F2N2O2/c22-18-5-1-15(2-6-18)21(27,16-3-7-19(23)8-4-16)17-9-12-25(13-10-17)14-11-20(24)26/h1-8,17,27H,9-14H2,(H2,24,26). The van der Waals surface area contributed by atoms with Gasteiger partial charge in [-0.1, -0.05) is 24.3 Å². The normalized spacial score (nSPS) is 16.4. The molecule has 0 bridgehead atoms. The van der Waals surface area contributed by atoms with E-state index in [9.17, 15) is 18.7 Å². The van der Waals surface area contributed by atoms with Crippen molar-refractivity contribution in [2.24, 2.45) is 11.7 Å². The van der Waals surface area contributed by atoms with Gasteiger partial charge in [0.15, 0.2) is 0 Å². The van der Waals surface area contributed by atoms with Crippen molar-refractivity contribution in [3.8, 4) is 0 Å². The molecule has 3 rings (SSSR count). The van der Waals surface area contributed by atoms with Crippen molar-refractivity contribution in [1.82, 2.24) is 4.90 Å². The molecule has 1 aliphatic rings. The van der Waals surface area contributed by atoms with Gasteiger partial charge in [-0.2, -0.15) is 0 Å². The quantitative estimate of drug-likeness (QED) is 0.817. The minimum atomic E-state index is -1.34. The molecular formula is C21H24F2N2O2. The second-order valence-electron chi connectivity index (χ2n) is 7.11. The van der Waals surface area contributed by atoms with Gasteiger partial charge >= 0.3 is 0 Å². The number of benzene rings is 2. The predicted octanol–water partition coefficient (Wildman–Crippen LogP) is 2.79. The molecule has 0 atom stereocenters. The third kappa shape index (κ3) is 4.34. The van der Waals surface area contributed by atoms with Crippen LogP contribution in [0.4, 0.5) is 8.78 Å². The van der Waals surface area contributed by atoms with Gasteiger partial charge in [0.05, 0.1) is 0 Å². The zero-order valence-corrected chi connectivity index (χ0v) is 15.1. The maximum absolute atomic E-state index is 13.4. The van der Waals surface area contributed by atoms with Crippen LogP contribution in [-0.2, 0) is 10.4 Å². The Kier molecular flexibility index (Phi) is 5.87. The van der Waals surface area contributed by atoms with E-state index in [1.165, 1.54) is 24.3 Å². The summed E-state index contributed by atoms with van der Waals surface area (Å²) in [5.74, 6) is -1.19. The number of likely N-dealkylation sites (tertiary alicyclic amines) is 1. The van der Waals surface area contributed by atoms with Crippen LogP contribution in [0.25, 0.3) is 0 Å². The number of primary amides is 1. The Morgan fingerprint density at radius 3 is 1.85 bits per heavy atom. The second kappa shape index (κ2) is 8.15. The van der Waals surface area contributed by atoms with Crippen LogP contribution < -0.4 is 5.73 Å². The summed E-state index contributed by atoms with van der Waals surface area (Å²) in [5.41, 5.74) is 5.06. The molecule has 27 heavy (non-hydrogen) atoms. The molecule has 0 aromatic heterocycles. The van der Waals surface area contributed by atoms with Crippen LogP contribution in [-0.4, -0.2) is 35.5 Å². The highest BCUT2D eigenvalue weighted by molar-refractivity contribution is 5.73. The molecule has 3 N–H and O–H groups in total. The summed E-state index contributed by atoms with van der Waals surface area (Å²) >= 11 is 0. The van der Waals surface area contributed by atoms with Crippen LogP contribution >= 0.6 is 0 Å². The van der Waals surface area contributed by atoms with Gasteiger partial charge in [-0.05, 0) is 67.2 Å². The molecule has 0 aliphatic carbocycles. The molecule has 1 saturated heterocycles. The Hall–Kier alpha value is -2.31. The van der Waals surface area contributed by atoms with Crippen molar-refractivity contribution >= 4 is 5.91 Å². The van der Waals surface area contributed by atoms with E-state index in [-0.39, 0.29) is 23.5 Å². The maximum Gasteiger partial charge on any atom is 0.218 e. The first-order valence-corrected chi connectivity index (χ1v) is 9.14. The summed E-state index contributed by atoms with van der Waals surface area (Å²) in [5, 5.41) is 11.7. The Labute approximate surface area is 157 Å². The molecule has 1 amide bonds. The monoisotopic (exact) mass is 374 g/mol. The number of amides is 1. The second-order valence-corrected chi connectivity index (χ2v) is 7.11. The third-order valence-corrected chi connectivity index (χ3v) is 5.42. The fourth-order valence-electron chi connectivity index (χ4n) is 3.89. The van der Waals surface area contributed by atoms with Gasteiger partial charge < -0.3 is 15.7 Å². The first-order valence-electron chi connectivity index (χ1n) is 9.14. The molecule has 6 heteroatoms. The summed E-state index contributed by atoms with van der Waals surface area (Å²) in [6.07, 6.45) is 1.71. The minimum absolute atomic E-state index is 0.113. The lowest BCUT2D eigenvalue weighted by Crippen LogP contribution is -2.44. The first kappa shape index (κ1) is 19.5. The number of hydrogen-bond acceptors (Lipinski definition) is 3. The lowest BCUT2D eigenvalue weighted by Gasteiger charge is -2.42. The van der Waals surface area contributed by atoms with Crippen molar-refractivity contribution < 1.29 is 18.7 Å². The Balaban J connectivity index is 1.86. The minimum Gasteiger partial charge on any atom is -0.380 e.